The molecule has 6 heteroatoms. The molecular weight excluding hydrogens is 892 g/mol. The summed E-state index contributed by atoms with van der Waals surface area (Å²) in [5, 5.41) is 2.05. The molecule has 5 nitrogen and oxygen atoms in total. The number of hydrogen-bond donors (Lipinski definition) is 0. The Morgan fingerprint density at radius 2 is 1.31 bits per heavy atom. The Labute approximate surface area is 366 Å². The third kappa shape index (κ3) is 6.82. The zero-order chi connectivity index (χ0) is 47.2. The maximum atomic E-state index is 8.82. The predicted octanol–water partition coefficient (Wildman–Crippen LogP) is 12.2. The van der Waals surface area contributed by atoms with E-state index in [2.05, 4.69) is 62.0 Å². The van der Waals surface area contributed by atoms with Crippen molar-refractivity contribution < 1.29 is 44.1 Å². The summed E-state index contributed by atoms with van der Waals surface area (Å²) in [5.41, 5.74) is 5.20. The third-order valence-corrected chi connectivity index (χ3v) is 9.93. The van der Waals surface area contributed by atoms with Crippen molar-refractivity contribution in [3.05, 3.63) is 200 Å². The number of aromatic nitrogens is 4. The van der Waals surface area contributed by atoms with E-state index in [0.717, 1.165) is 33.2 Å². The average Bonchev–Trinajstić information content (AvgIpc) is 3.88. The zero-order valence-electron chi connectivity index (χ0n) is 41.5. The number of benzene rings is 7. The summed E-state index contributed by atoms with van der Waals surface area (Å²) in [5.74, 6) is 1.62. The van der Waals surface area contributed by atoms with E-state index in [1.165, 1.54) is 6.07 Å². The Bertz CT molecular complexity index is 3550. The number of fused-ring (bicyclic) bond motifs is 4. The first-order chi connectivity index (χ1) is 32.0. The van der Waals surface area contributed by atoms with Crippen molar-refractivity contribution in [2.45, 2.75) is 26.2 Å². The Balaban J connectivity index is 0.00000578. The first kappa shape index (κ1) is 27.1. The van der Waals surface area contributed by atoms with Gasteiger partial charge in [0.25, 0.3) is 6.33 Å². The summed E-state index contributed by atoms with van der Waals surface area (Å²) in [7, 11) is 0. The van der Waals surface area contributed by atoms with Gasteiger partial charge in [0.15, 0.2) is 0 Å². The molecule has 0 aliphatic carbocycles. The van der Waals surface area contributed by atoms with Crippen molar-refractivity contribution in [3.8, 4) is 50.9 Å². The SMILES string of the molecule is [2H]c1c([2H])c([2H])c(-c2cc(-c3c([2H])c([2H])c([2H])c([2H])c3[2H])cc(-[n+]3[c-]n(-c4[c-]c(Oc5[c-]c6c(cc5)c5ccccc5n6-c5cc(C(C)(C)C)ccn5)ccc4)c4ccccc43)c2)c([2H])c1[2H].[Pt]. The first-order valence-electron chi connectivity index (χ1n) is 23.4. The van der Waals surface area contributed by atoms with Gasteiger partial charge >= 0.3 is 0 Å². The molecule has 0 radical (unpaired) electrons. The van der Waals surface area contributed by atoms with E-state index < -0.39 is 60.4 Å². The van der Waals surface area contributed by atoms with Crippen LogP contribution in [0.2, 0.25) is 0 Å². The maximum absolute atomic E-state index is 8.82. The molecule has 0 atom stereocenters. The van der Waals surface area contributed by atoms with Crippen LogP contribution in [0.4, 0.5) is 0 Å². The Morgan fingerprint density at radius 3 is 2.03 bits per heavy atom. The first-order valence-corrected chi connectivity index (χ1v) is 18.4. The second kappa shape index (κ2) is 15.1. The van der Waals surface area contributed by atoms with E-state index in [1.807, 2.05) is 72.9 Å². The van der Waals surface area contributed by atoms with Crippen LogP contribution >= 0.6 is 0 Å². The Kier molecular flexibility index (Phi) is 7.06. The van der Waals surface area contributed by atoms with E-state index in [9.17, 15) is 0 Å². The summed E-state index contributed by atoms with van der Waals surface area (Å²) in [6, 6.07) is 35.7. The van der Waals surface area contributed by atoms with Crippen molar-refractivity contribution >= 4 is 32.8 Å². The van der Waals surface area contributed by atoms with Gasteiger partial charge in [0.1, 0.15) is 5.82 Å². The van der Waals surface area contributed by atoms with Crippen molar-refractivity contribution in [1.29, 1.82) is 0 Å². The largest absolute Gasteiger partial charge is 0.510 e. The fourth-order valence-electron chi connectivity index (χ4n) is 7.17. The summed E-state index contributed by atoms with van der Waals surface area (Å²) in [6.45, 7) is 6.51. The Hall–Kier alpha value is -6.55. The molecular formula is C52H38N4OPt-2. The molecule has 0 bridgehead atoms. The number of para-hydroxylation sites is 3. The van der Waals surface area contributed by atoms with Crippen LogP contribution in [0.25, 0.3) is 72.3 Å². The molecule has 0 saturated heterocycles. The topological polar surface area (TPSA) is 35.9 Å². The van der Waals surface area contributed by atoms with Crippen LogP contribution in [0, 0.1) is 18.5 Å². The molecule has 0 aliphatic rings. The number of imidazole rings is 1. The molecule has 58 heavy (non-hydrogen) atoms. The molecule has 0 aliphatic heterocycles. The zero-order valence-corrected chi connectivity index (χ0v) is 33.8. The van der Waals surface area contributed by atoms with Crippen LogP contribution in [0.15, 0.2) is 176 Å². The summed E-state index contributed by atoms with van der Waals surface area (Å²) >= 11 is 0. The normalized spacial score (nSPS) is 14.0. The van der Waals surface area contributed by atoms with Crippen LogP contribution in [-0.4, -0.2) is 14.1 Å². The van der Waals surface area contributed by atoms with Gasteiger partial charge in [-0.2, -0.15) is 18.2 Å². The van der Waals surface area contributed by atoms with Gasteiger partial charge in [-0.25, -0.2) is 4.98 Å². The molecule has 0 amide bonds. The monoisotopic (exact) mass is 939 g/mol. The van der Waals surface area contributed by atoms with Gasteiger partial charge in [-0.1, -0.05) is 129 Å². The Morgan fingerprint density at radius 1 is 0.638 bits per heavy atom. The molecule has 10 rings (SSSR count). The smallest absolute Gasteiger partial charge is 0.268 e. The fourth-order valence-corrected chi connectivity index (χ4v) is 7.17. The second-order valence-corrected chi connectivity index (χ2v) is 14.6. The van der Waals surface area contributed by atoms with Crippen molar-refractivity contribution in [2.75, 3.05) is 0 Å². The molecule has 0 fully saturated rings. The molecule has 0 saturated carbocycles. The van der Waals surface area contributed by atoms with E-state index in [-0.39, 0.29) is 48.7 Å². The van der Waals surface area contributed by atoms with E-state index in [4.69, 9.17) is 23.4 Å². The van der Waals surface area contributed by atoms with E-state index >= 15 is 0 Å². The van der Waals surface area contributed by atoms with E-state index in [1.54, 1.807) is 27.3 Å². The minimum absolute atomic E-state index is 0. The van der Waals surface area contributed by atoms with Crippen LogP contribution in [0.3, 0.4) is 0 Å². The van der Waals surface area contributed by atoms with Gasteiger partial charge in [-0.05, 0) is 80.7 Å². The molecule has 0 unspecified atom stereocenters. The molecule has 7 aromatic carbocycles. The maximum Gasteiger partial charge on any atom is 0.268 e. The van der Waals surface area contributed by atoms with Crippen LogP contribution in [0.1, 0.15) is 40.0 Å². The van der Waals surface area contributed by atoms with Crippen molar-refractivity contribution in [2.24, 2.45) is 0 Å². The molecule has 3 aromatic heterocycles. The predicted molar refractivity (Wildman–Crippen MR) is 230 cm³/mol. The van der Waals surface area contributed by atoms with Crippen LogP contribution < -0.4 is 9.30 Å². The van der Waals surface area contributed by atoms with Gasteiger partial charge in [-0.3, -0.25) is 4.57 Å². The fraction of sp³-hybridized carbons (Fsp3) is 0.0769. The van der Waals surface area contributed by atoms with Gasteiger partial charge in [0.2, 0.25) is 0 Å². The number of nitrogens with zero attached hydrogens (tertiary/aromatic N) is 4. The molecule has 3 heterocycles. The van der Waals surface area contributed by atoms with Crippen molar-refractivity contribution in [1.82, 2.24) is 14.1 Å². The minimum Gasteiger partial charge on any atom is -0.510 e. The van der Waals surface area contributed by atoms with Gasteiger partial charge in [0, 0.05) is 44.3 Å². The second-order valence-electron chi connectivity index (χ2n) is 14.6. The molecule has 0 N–H and O–H groups in total. The number of pyridine rings is 1. The molecule has 10 aromatic rings. The number of rotatable bonds is 7. The third-order valence-electron chi connectivity index (χ3n) is 9.93. The van der Waals surface area contributed by atoms with Crippen molar-refractivity contribution in [3.63, 3.8) is 0 Å². The van der Waals surface area contributed by atoms with Crippen LogP contribution in [0.5, 0.6) is 11.5 Å². The number of ether oxygens (including phenoxy) is 1. The quantitative estimate of drug-likeness (QED) is 0.118. The van der Waals surface area contributed by atoms with Gasteiger partial charge in [0.05, 0.1) is 30.4 Å². The minimum atomic E-state index is -0.560. The van der Waals surface area contributed by atoms with Crippen LogP contribution in [-0.2, 0) is 26.5 Å². The average molecular weight is 940 g/mol. The molecule has 0 spiro atoms. The molecule has 284 valence electrons. The standard InChI is InChI=1S/C52H38N4O.Pt/c1-52(2,3)40-27-28-53-51(32-40)56-47-22-11-10-21-45(47)46-26-25-44(34-50(46)56)57-43-20-14-19-41(33-43)54-35-55(49-24-13-12-23-48(49)54)42-30-38(36-15-6-4-7-16-36)29-39(31-42)37-17-8-5-9-18-37;/h4-32H,1-3H3;/q-2;/i4D,5D,6D,7D,8D,9D,15D,16D,17D,18D;. The summed E-state index contributed by atoms with van der Waals surface area (Å²) < 4.78 is 97.5. The van der Waals surface area contributed by atoms with E-state index in [0.29, 0.717) is 33.9 Å². The summed E-state index contributed by atoms with van der Waals surface area (Å²) in [4.78, 5) is 4.79. The van der Waals surface area contributed by atoms with Gasteiger partial charge in [-0.15, -0.1) is 29.7 Å². The van der Waals surface area contributed by atoms with Gasteiger partial charge < -0.3 is 13.9 Å². The summed E-state index contributed by atoms with van der Waals surface area (Å²) in [6.07, 6.45) is 5.24. The number of hydrogen-bond acceptors (Lipinski definition) is 2.